The van der Waals surface area contributed by atoms with Crippen LogP contribution >= 0.6 is 0 Å². The van der Waals surface area contributed by atoms with Gasteiger partial charge in [-0.3, -0.25) is 9.59 Å². The van der Waals surface area contributed by atoms with Gasteiger partial charge in [0.05, 0.1) is 24.1 Å². The number of nitrogens with one attached hydrogen (secondary N) is 3. The van der Waals surface area contributed by atoms with Crippen molar-refractivity contribution in [1.29, 1.82) is 0 Å². The van der Waals surface area contributed by atoms with Crippen molar-refractivity contribution in [2.45, 2.75) is 69.2 Å². The van der Waals surface area contributed by atoms with E-state index in [1.807, 2.05) is 36.4 Å². The molecular weight excluding hydrogens is 562 g/mol. The van der Waals surface area contributed by atoms with Crippen LogP contribution in [-0.2, 0) is 30.5 Å². The van der Waals surface area contributed by atoms with Crippen LogP contribution in [0.25, 0.3) is 0 Å². The molecular formula is C34H43N3O7. The van der Waals surface area contributed by atoms with E-state index in [9.17, 15) is 24.3 Å². The second-order valence-electron chi connectivity index (χ2n) is 11.0. The van der Waals surface area contributed by atoms with Crippen molar-refractivity contribution < 1.29 is 33.8 Å². The molecule has 3 amide bonds. The Morgan fingerprint density at radius 1 is 0.886 bits per heavy atom. The molecule has 0 heterocycles. The first-order valence-electron chi connectivity index (χ1n) is 14.9. The fourth-order valence-corrected chi connectivity index (χ4v) is 5.18. The molecule has 10 heteroatoms. The van der Waals surface area contributed by atoms with Crippen LogP contribution in [0, 0.1) is 5.92 Å². The summed E-state index contributed by atoms with van der Waals surface area (Å²) in [7, 11) is 0. The molecule has 2 aromatic rings. The van der Waals surface area contributed by atoms with Crippen LogP contribution in [0.5, 0.6) is 0 Å². The Morgan fingerprint density at radius 3 is 2.14 bits per heavy atom. The number of hydrogen-bond donors (Lipinski definition) is 4. The summed E-state index contributed by atoms with van der Waals surface area (Å²) < 4.78 is 10.8. The van der Waals surface area contributed by atoms with E-state index >= 15 is 0 Å². The lowest BCUT2D eigenvalue weighted by atomic mass is 9.95. The zero-order valence-corrected chi connectivity index (χ0v) is 25.0. The predicted molar refractivity (Wildman–Crippen MR) is 166 cm³/mol. The number of ether oxygens (including phenoxy) is 2. The van der Waals surface area contributed by atoms with Gasteiger partial charge in [0.15, 0.2) is 0 Å². The van der Waals surface area contributed by atoms with E-state index in [1.54, 1.807) is 30.3 Å². The maximum atomic E-state index is 13.4. The Kier molecular flexibility index (Phi) is 13.6. The second-order valence-corrected chi connectivity index (χ2v) is 11.0. The van der Waals surface area contributed by atoms with Crippen molar-refractivity contribution >= 4 is 23.9 Å². The molecule has 0 aromatic heterocycles. The third-order valence-corrected chi connectivity index (χ3v) is 7.62. The number of rotatable bonds is 17. The highest BCUT2D eigenvalue weighted by atomic mass is 16.6. The molecule has 1 fully saturated rings. The number of aliphatic hydroxyl groups is 1. The van der Waals surface area contributed by atoms with Crippen molar-refractivity contribution in [3.8, 4) is 0 Å². The molecule has 3 atom stereocenters. The summed E-state index contributed by atoms with van der Waals surface area (Å²) in [4.78, 5) is 51.8. The third kappa shape index (κ3) is 10.7. The lowest BCUT2D eigenvalue weighted by molar-refractivity contribution is -0.147. The Morgan fingerprint density at radius 2 is 1.52 bits per heavy atom. The zero-order valence-electron chi connectivity index (χ0n) is 25.0. The standard InChI is InChI=1S/C34H43N3O7/c1-3-13-27(21-30(39)37-34(24-38)19-11-12-20-34)31(40)35-29(26-17-9-6-10-18-26)23-43-32(41)28(14-4-2)36-33(42)44-22-25-15-7-5-8-16-25/h3-10,15-18,27-29,38H,1-2,11-14,19-24H2,(H,35,40)(H,36,42)(H,37,39). The molecule has 1 saturated carbocycles. The number of benzene rings is 2. The first-order valence-corrected chi connectivity index (χ1v) is 14.9. The maximum absolute atomic E-state index is 13.4. The maximum Gasteiger partial charge on any atom is 0.408 e. The van der Waals surface area contributed by atoms with Gasteiger partial charge in [-0.25, -0.2) is 9.59 Å². The summed E-state index contributed by atoms with van der Waals surface area (Å²) in [6.07, 6.45) is 5.79. The van der Waals surface area contributed by atoms with Gasteiger partial charge in [0, 0.05) is 6.42 Å². The number of amides is 3. The molecule has 0 radical (unpaired) electrons. The Balaban J connectivity index is 1.63. The van der Waals surface area contributed by atoms with E-state index in [0.29, 0.717) is 18.4 Å². The van der Waals surface area contributed by atoms with Crippen molar-refractivity contribution in [2.75, 3.05) is 13.2 Å². The SMILES string of the molecule is C=CCC(CC(=O)NC1(CO)CCCC1)C(=O)NC(COC(=O)C(CC=C)NC(=O)OCc1ccccc1)c1ccccc1. The number of carbonyl (C=O) groups excluding carboxylic acids is 4. The van der Waals surface area contributed by atoms with Crippen LogP contribution in [0.15, 0.2) is 86.0 Å². The van der Waals surface area contributed by atoms with E-state index in [-0.39, 0.29) is 45.0 Å². The van der Waals surface area contributed by atoms with Gasteiger partial charge in [0.25, 0.3) is 0 Å². The number of allylic oxidation sites excluding steroid dienone is 1. The average molecular weight is 606 g/mol. The Hall–Kier alpha value is -4.44. The van der Waals surface area contributed by atoms with Gasteiger partial charge in [0.2, 0.25) is 11.8 Å². The summed E-state index contributed by atoms with van der Waals surface area (Å²) in [5, 5.41) is 18.3. The number of carbonyl (C=O) groups is 4. The van der Waals surface area contributed by atoms with E-state index in [1.165, 1.54) is 6.08 Å². The average Bonchev–Trinajstić information content (AvgIpc) is 3.51. The summed E-state index contributed by atoms with van der Waals surface area (Å²) >= 11 is 0. The van der Waals surface area contributed by atoms with Crippen LogP contribution in [-0.4, -0.2) is 53.8 Å². The minimum absolute atomic E-state index is 0.0372. The van der Waals surface area contributed by atoms with Gasteiger partial charge in [-0.05, 0) is 36.8 Å². The highest BCUT2D eigenvalue weighted by molar-refractivity contribution is 5.86. The summed E-state index contributed by atoms with van der Waals surface area (Å²) in [5.41, 5.74) is 0.846. The van der Waals surface area contributed by atoms with E-state index < -0.39 is 41.5 Å². The topological polar surface area (TPSA) is 143 Å². The summed E-state index contributed by atoms with van der Waals surface area (Å²) in [6.45, 7) is 7.06. The van der Waals surface area contributed by atoms with Crippen LogP contribution in [0.1, 0.15) is 62.1 Å². The molecule has 1 aliphatic carbocycles. The number of aliphatic hydroxyl groups excluding tert-OH is 1. The van der Waals surface area contributed by atoms with Gasteiger partial charge in [-0.2, -0.15) is 0 Å². The second kappa shape index (κ2) is 17.6. The highest BCUT2D eigenvalue weighted by Gasteiger charge is 2.35. The predicted octanol–water partition coefficient (Wildman–Crippen LogP) is 4.26. The van der Waals surface area contributed by atoms with E-state index in [0.717, 1.165) is 18.4 Å². The van der Waals surface area contributed by atoms with Crippen molar-refractivity contribution in [3.63, 3.8) is 0 Å². The lowest BCUT2D eigenvalue weighted by Gasteiger charge is -2.29. The minimum atomic E-state index is -1.05. The quantitative estimate of drug-likeness (QED) is 0.156. The fourth-order valence-electron chi connectivity index (χ4n) is 5.18. The summed E-state index contributed by atoms with van der Waals surface area (Å²) in [6, 6.07) is 16.4. The first kappa shape index (κ1) is 34.1. The van der Waals surface area contributed by atoms with Crippen molar-refractivity contribution in [3.05, 3.63) is 97.1 Å². The zero-order chi connectivity index (χ0) is 31.8. The molecule has 0 spiro atoms. The molecule has 236 valence electrons. The van der Waals surface area contributed by atoms with Crippen LogP contribution in [0.2, 0.25) is 0 Å². The van der Waals surface area contributed by atoms with E-state index in [4.69, 9.17) is 9.47 Å². The van der Waals surface area contributed by atoms with Gasteiger partial charge >= 0.3 is 12.1 Å². The fraction of sp³-hybridized carbons (Fsp3) is 0.412. The molecule has 0 aliphatic heterocycles. The third-order valence-electron chi connectivity index (χ3n) is 7.62. The van der Waals surface area contributed by atoms with Crippen LogP contribution in [0.4, 0.5) is 4.79 Å². The van der Waals surface area contributed by atoms with Crippen LogP contribution < -0.4 is 16.0 Å². The Labute approximate surface area is 258 Å². The Bertz CT molecular complexity index is 1250. The smallest absolute Gasteiger partial charge is 0.408 e. The highest BCUT2D eigenvalue weighted by Crippen LogP contribution is 2.29. The molecule has 44 heavy (non-hydrogen) atoms. The lowest BCUT2D eigenvalue weighted by Crippen LogP contribution is -2.50. The van der Waals surface area contributed by atoms with Gasteiger partial charge in [0.1, 0.15) is 19.3 Å². The first-order chi connectivity index (χ1) is 21.3. The molecule has 2 aromatic carbocycles. The largest absolute Gasteiger partial charge is 0.462 e. The molecule has 1 aliphatic rings. The van der Waals surface area contributed by atoms with Gasteiger partial charge in [-0.1, -0.05) is 85.7 Å². The van der Waals surface area contributed by atoms with Gasteiger partial charge in [-0.15, -0.1) is 13.2 Å². The number of alkyl carbamates (subject to hydrolysis) is 1. The molecule has 0 bridgehead atoms. The molecule has 10 nitrogen and oxygen atoms in total. The van der Waals surface area contributed by atoms with E-state index in [2.05, 4.69) is 29.1 Å². The molecule has 4 N–H and O–H groups in total. The normalized spacial score (nSPS) is 15.6. The molecule has 3 unspecified atom stereocenters. The van der Waals surface area contributed by atoms with Crippen LogP contribution in [0.3, 0.4) is 0 Å². The van der Waals surface area contributed by atoms with Crippen molar-refractivity contribution in [2.24, 2.45) is 5.92 Å². The number of hydrogen-bond acceptors (Lipinski definition) is 7. The van der Waals surface area contributed by atoms with Gasteiger partial charge < -0.3 is 30.5 Å². The summed E-state index contributed by atoms with van der Waals surface area (Å²) in [5.74, 6) is -2.16. The monoisotopic (exact) mass is 605 g/mol. The molecule has 3 rings (SSSR count). The minimum Gasteiger partial charge on any atom is -0.462 e. The molecule has 0 saturated heterocycles. The number of esters is 1. The van der Waals surface area contributed by atoms with Crippen molar-refractivity contribution in [1.82, 2.24) is 16.0 Å².